The number of benzene rings is 1. The fourth-order valence-corrected chi connectivity index (χ4v) is 1.61. The van der Waals surface area contributed by atoms with Gasteiger partial charge >= 0.3 is 0 Å². The number of aromatic hydroxyl groups is 2. The number of halogens is 2. The summed E-state index contributed by atoms with van der Waals surface area (Å²) in [7, 11) is 0. The molecule has 1 aromatic rings. The quantitative estimate of drug-likeness (QED) is 0.657. The lowest BCUT2D eigenvalue weighted by Crippen LogP contribution is -2.24. The molecule has 0 fully saturated rings. The molecule has 3 N–H and O–H groups in total. The zero-order valence-electron chi connectivity index (χ0n) is 10.1. The van der Waals surface area contributed by atoms with Gasteiger partial charge in [-0.25, -0.2) is 8.78 Å². The molecule has 0 saturated carbocycles. The minimum Gasteiger partial charge on any atom is -0.507 e. The molecule has 0 amide bonds. The van der Waals surface area contributed by atoms with E-state index in [4.69, 9.17) is 4.74 Å². The highest BCUT2D eigenvalue weighted by atomic mass is 19.3. The van der Waals surface area contributed by atoms with E-state index < -0.39 is 13.0 Å². The Balaban J connectivity index is 2.39. The van der Waals surface area contributed by atoms with E-state index in [9.17, 15) is 19.0 Å². The number of alkyl halides is 2. The fraction of sp³-hybridized carbons (Fsp3) is 0.500. The smallest absolute Gasteiger partial charge is 0.261 e. The van der Waals surface area contributed by atoms with Crippen molar-refractivity contribution in [3.05, 3.63) is 23.8 Å². The van der Waals surface area contributed by atoms with Gasteiger partial charge in [0.25, 0.3) is 6.43 Å². The molecule has 0 bridgehead atoms. The van der Waals surface area contributed by atoms with Gasteiger partial charge < -0.3 is 20.3 Å². The largest absolute Gasteiger partial charge is 0.507 e. The zero-order valence-corrected chi connectivity index (χ0v) is 10.1. The molecule has 0 aliphatic rings. The third-order valence-corrected chi connectivity index (χ3v) is 2.43. The molecule has 1 atom stereocenters. The minimum absolute atomic E-state index is 0.0106. The van der Waals surface area contributed by atoms with Gasteiger partial charge in [0.15, 0.2) is 0 Å². The van der Waals surface area contributed by atoms with Gasteiger partial charge in [-0.1, -0.05) is 6.07 Å². The minimum atomic E-state index is -2.47. The molecule has 4 nitrogen and oxygen atoms in total. The van der Waals surface area contributed by atoms with Crippen LogP contribution in [0.1, 0.15) is 18.5 Å². The topological polar surface area (TPSA) is 61.7 Å². The van der Waals surface area contributed by atoms with Crippen molar-refractivity contribution in [1.29, 1.82) is 0 Å². The van der Waals surface area contributed by atoms with Gasteiger partial charge in [0, 0.05) is 12.6 Å². The summed E-state index contributed by atoms with van der Waals surface area (Å²) in [5.74, 6) is -0.0213. The van der Waals surface area contributed by atoms with E-state index in [-0.39, 0.29) is 24.1 Å². The predicted molar refractivity (Wildman–Crippen MR) is 63.0 cm³/mol. The molecule has 1 rings (SSSR count). The average molecular weight is 261 g/mol. The first-order chi connectivity index (χ1) is 8.52. The van der Waals surface area contributed by atoms with Crippen LogP contribution in [-0.4, -0.2) is 36.4 Å². The fourth-order valence-electron chi connectivity index (χ4n) is 1.61. The first-order valence-corrected chi connectivity index (χ1v) is 5.62. The molecule has 0 aliphatic carbocycles. The van der Waals surface area contributed by atoms with Gasteiger partial charge in [0.05, 0.1) is 12.2 Å². The summed E-state index contributed by atoms with van der Waals surface area (Å²) >= 11 is 0. The summed E-state index contributed by atoms with van der Waals surface area (Å²) in [6, 6.07) is 4.18. The molecular formula is C12H17F2NO3. The summed E-state index contributed by atoms with van der Waals surface area (Å²) < 4.78 is 28.3. The van der Waals surface area contributed by atoms with Crippen LogP contribution < -0.4 is 5.32 Å². The Morgan fingerprint density at radius 3 is 2.44 bits per heavy atom. The maximum atomic E-state index is 11.8. The summed E-state index contributed by atoms with van der Waals surface area (Å²) in [6.45, 7) is 1.66. The van der Waals surface area contributed by atoms with Crippen LogP contribution in [-0.2, 0) is 4.74 Å². The molecule has 0 heterocycles. The van der Waals surface area contributed by atoms with Crippen LogP contribution in [0.15, 0.2) is 18.2 Å². The zero-order chi connectivity index (χ0) is 13.5. The molecule has 6 heteroatoms. The SMILES string of the molecule is CC(NCCOCC(F)F)c1c(O)cccc1O. The Hall–Kier alpha value is -1.40. The molecule has 0 spiro atoms. The molecule has 0 radical (unpaired) electrons. The second kappa shape index (κ2) is 7.13. The molecule has 18 heavy (non-hydrogen) atoms. The van der Waals surface area contributed by atoms with Crippen LogP contribution in [0, 0.1) is 0 Å². The number of hydrogen-bond donors (Lipinski definition) is 3. The van der Waals surface area contributed by atoms with E-state index in [1.165, 1.54) is 18.2 Å². The van der Waals surface area contributed by atoms with E-state index in [1.54, 1.807) is 6.92 Å². The first kappa shape index (κ1) is 14.7. The van der Waals surface area contributed by atoms with Crippen molar-refractivity contribution in [3.63, 3.8) is 0 Å². The normalized spacial score (nSPS) is 12.9. The van der Waals surface area contributed by atoms with E-state index >= 15 is 0 Å². The Bertz CT molecular complexity index is 354. The van der Waals surface area contributed by atoms with Crippen molar-refractivity contribution in [2.24, 2.45) is 0 Å². The van der Waals surface area contributed by atoms with Crippen LogP contribution in [0.3, 0.4) is 0 Å². The van der Waals surface area contributed by atoms with Crippen molar-refractivity contribution in [2.45, 2.75) is 19.4 Å². The van der Waals surface area contributed by atoms with Gasteiger partial charge in [-0.15, -0.1) is 0 Å². The van der Waals surface area contributed by atoms with Gasteiger partial charge in [0.2, 0.25) is 0 Å². The molecule has 0 saturated heterocycles. The van der Waals surface area contributed by atoms with E-state index in [0.717, 1.165) is 0 Å². The first-order valence-electron chi connectivity index (χ1n) is 5.62. The summed E-state index contributed by atoms with van der Waals surface area (Å²) in [4.78, 5) is 0. The Morgan fingerprint density at radius 1 is 1.28 bits per heavy atom. The highest BCUT2D eigenvalue weighted by molar-refractivity contribution is 5.44. The summed E-state index contributed by atoms with van der Waals surface area (Å²) in [6.07, 6.45) is -2.47. The lowest BCUT2D eigenvalue weighted by molar-refractivity contribution is 0.0183. The van der Waals surface area contributed by atoms with Crippen molar-refractivity contribution < 1.29 is 23.7 Å². The maximum Gasteiger partial charge on any atom is 0.261 e. The number of phenolic OH excluding ortho intramolecular Hbond substituents is 2. The van der Waals surface area contributed by atoms with Crippen LogP contribution in [0.25, 0.3) is 0 Å². The molecular weight excluding hydrogens is 244 g/mol. The van der Waals surface area contributed by atoms with E-state index in [0.29, 0.717) is 12.1 Å². The van der Waals surface area contributed by atoms with Gasteiger partial charge in [-0.05, 0) is 19.1 Å². The van der Waals surface area contributed by atoms with Gasteiger partial charge in [0.1, 0.15) is 18.1 Å². The maximum absolute atomic E-state index is 11.8. The predicted octanol–water partition coefficient (Wildman–Crippen LogP) is 2.03. The monoisotopic (exact) mass is 261 g/mol. The van der Waals surface area contributed by atoms with Gasteiger partial charge in [-0.2, -0.15) is 0 Å². The van der Waals surface area contributed by atoms with Crippen LogP contribution in [0.5, 0.6) is 11.5 Å². The Labute approximate surface area is 104 Å². The molecule has 0 aliphatic heterocycles. The Morgan fingerprint density at radius 2 is 1.89 bits per heavy atom. The lowest BCUT2D eigenvalue weighted by Gasteiger charge is -2.16. The van der Waals surface area contributed by atoms with Crippen molar-refractivity contribution in [2.75, 3.05) is 19.8 Å². The number of phenols is 2. The summed E-state index contributed by atoms with van der Waals surface area (Å²) in [5, 5.41) is 22.2. The standard InChI is InChI=1S/C12H17F2NO3/c1-8(15-5-6-18-7-11(13)14)12-9(16)3-2-4-10(12)17/h2-4,8,11,15-17H,5-7H2,1H3. The number of hydrogen-bond acceptors (Lipinski definition) is 4. The highest BCUT2D eigenvalue weighted by Gasteiger charge is 2.14. The molecule has 102 valence electrons. The molecule has 0 aromatic heterocycles. The van der Waals surface area contributed by atoms with Crippen molar-refractivity contribution in [3.8, 4) is 11.5 Å². The third kappa shape index (κ3) is 4.46. The third-order valence-electron chi connectivity index (χ3n) is 2.43. The lowest BCUT2D eigenvalue weighted by atomic mass is 10.1. The molecule has 1 unspecified atom stereocenters. The van der Waals surface area contributed by atoms with Crippen LogP contribution in [0.2, 0.25) is 0 Å². The van der Waals surface area contributed by atoms with E-state index in [1.807, 2.05) is 0 Å². The average Bonchev–Trinajstić information content (AvgIpc) is 2.27. The molecule has 1 aromatic carbocycles. The van der Waals surface area contributed by atoms with Gasteiger partial charge in [-0.3, -0.25) is 0 Å². The second-order valence-corrected chi connectivity index (χ2v) is 3.85. The van der Waals surface area contributed by atoms with Crippen molar-refractivity contribution >= 4 is 0 Å². The number of rotatable bonds is 7. The second-order valence-electron chi connectivity index (χ2n) is 3.85. The van der Waals surface area contributed by atoms with Crippen LogP contribution >= 0.6 is 0 Å². The Kier molecular flexibility index (Phi) is 5.80. The number of ether oxygens (including phenoxy) is 1. The highest BCUT2D eigenvalue weighted by Crippen LogP contribution is 2.31. The number of nitrogens with one attached hydrogen (secondary N) is 1. The van der Waals surface area contributed by atoms with E-state index in [2.05, 4.69) is 5.32 Å². The van der Waals surface area contributed by atoms with Crippen molar-refractivity contribution in [1.82, 2.24) is 5.32 Å². The van der Waals surface area contributed by atoms with Crippen LogP contribution in [0.4, 0.5) is 8.78 Å². The summed E-state index contributed by atoms with van der Waals surface area (Å²) in [5.41, 5.74) is 0.381.